The molecule has 3 fully saturated rings. The Morgan fingerprint density at radius 2 is 2.17 bits per heavy atom. The molecule has 2 saturated heterocycles. The Morgan fingerprint density at radius 3 is 3.00 bits per heavy atom. The Kier molecular flexibility index (Phi) is 3.59. The van der Waals surface area contributed by atoms with Crippen LogP contribution in [-0.2, 0) is 28.0 Å². The van der Waals surface area contributed by atoms with Crippen molar-refractivity contribution >= 4 is 10.9 Å². The first kappa shape index (κ1) is 17.4. The van der Waals surface area contributed by atoms with E-state index in [1.54, 1.807) is 0 Å². The first-order valence-electron chi connectivity index (χ1n) is 10.3. The summed E-state index contributed by atoms with van der Waals surface area (Å²) in [7, 11) is 0. The molecule has 0 amide bonds. The Balaban J connectivity index is 1.25. The van der Waals surface area contributed by atoms with Gasteiger partial charge in [-0.15, -0.1) is 5.10 Å². The molecule has 0 unspecified atom stereocenters. The zero-order chi connectivity index (χ0) is 19.6. The lowest BCUT2D eigenvalue weighted by atomic mass is 9.69. The fourth-order valence-corrected chi connectivity index (χ4v) is 5.16. The zero-order valence-corrected chi connectivity index (χ0v) is 16.7. The summed E-state index contributed by atoms with van der Waals surface area (Å²) in [5, 5.41) is 9.93. The molecule has 7 rings (SSSR count). The van der Waals surface area contributed by atoms with E-state index >= 15 is 0 Å². The van der Waals surface area contributed by atoms with Gasteiger partial charge in [0.05, 0.1) is 42.7 Å². The predicted molar refractivity (Wildman–Crippen MR) is 106 cm³/mol. The Hall–Kier alpha value is -2.51. The van der Waals surface area contributed by atoms with Gasteiger partial charge in [-0.1, -0.05) is 5.21 Å². The number of hydrogen-bond acceptors (Lipinski definition) is 6. The molecule has 0 N–H and O–H groups in total. The van der Waals surface area contributed by atoms with Gasteiger partial charge in [-0.05, 0) is 49.6 Å². The van der Waals surface area contributed by atoms with Crippen molar-refractivity contribution in [2.45, 2.75) is 57.0 Å². The van der Waals surface area contributed by atoms with Crippen LogP contribution in [-0.4, -0.2) is 38.8 Å². The van der Waals surface area contributed by atoms with Crippen LogP contribution in [0.25, 0.3) is 10.9 Å². The molecule has 4 aliphatic rings. The van der Waals surface area contributed by atoms with E-state index in [1.807, 2.05) is 36.1 Å². The lowest BCUT2D eigenvalue weighted by Crippen LogP contribution is -2.49. The highest BCUT2D eigenvalue weighted by Gasteiger charge is 2.61. The minimum absolute atomic E-state index is 0.0184. The minimum atomic E-state index is -0.192. The highest BCUT2D eigenvalue weighted by Crippen LogP contribution is 2.55. The fourth-order valence-electron chi connectivity index (χ4n) is 5.16. The molecule has 1 saturated carbocycles. The van der Waals surface area contributed by atoms with Crippen molar-refractivity contribution in [2.75, 3.05) is 13.2 Å². The SMILES string of the molecule is C[C@@H](Oc1ccc2ncc3c(c2c1)CCOC3)c1cn(C23COC(C)(C2)C3)nn1. The zero-order valence-electron chi connectivity index (χ0n) is 16.7. The molecular weight excluding hydrogens is 368 g/mol. The minimum Gasteiger partial charge on any atom is -0.484 e. The van der Waals surface area contributed by atoms with Crippen LogP contribution in [0.5, 0.6) is 5.75 Å². The summed E-state index contributed by atoms with van der Waals surface area (Å²) >= 11 is 0. The molecule has 0 radical (unpaired) electrons. The van der Waals surface area contributed by atoms with E-state index in [9.17, 15) is 0 Å². The summed E-state index contributed by atoms with van der Waals surface area (Å²) in [4.78, 5) is 4.56. The number of benzene rings is 1. The third-order valence-electron chi connectivity index (χ3n) is 6.62. The molecule has 1 aromatic carbocycles. The van der Waals surface area contributed by atoms with Crippen molar-refractivity contribution in [3.05, 3.63) is 47.4 Å². The third-order valence-corrected chi connectivity index (χ3v) is 6.62. The number of ether oxygens (including phenoxy) is 3. The predicted octanol–water partition coefficient (Wildman–Crippen LogP) is 3.32. The third kappa shape index (κ3) is 2.68. The lowest BCUT2D eigenvalue weighted by molar-refractivity contribution is 0.00336. The largest absolute Gasteiger partial charge is 0.484 e. The number of aromatic nitrogens is 4. The molecule has 150 valence electrons. The molecule has 2 bridgehead atoms. The van der Waals surface area contributed by atoms with Gasteiger partial charge in [-0.2, -0.15) is 0 Å². The average Bonchev–Trinajstić information content (AvgIpc) is 3.41. The van der Waals surface area contributed by atoms with Crippen LogP contribution < -0.4 is 4.74 Å². The maximum atomic E-state index is 6.23. The second kappa shape index (κ2) is 6.00. The molecule has 2 aromatic heterocycles. The second-order valence-corrected chi connectivity index (χ2v) is 8.91. The Bertz CT molecular complexity index is 1100. The van der Waals surface area contributed by atoms with Crippen molar-refractivity contribution in [3.8, 4) is 5.75 Å². The van der Waals surface area contributed by atoms with Gasteiger partial charge in [0, 0.05) is 24.4 Å². The number of pyridine rings is 1. The van der Waals surface area contributed by atoms with Gasteiger partial charge in [0.2, 0.25) is 0 Å². The molecule has 1 aliphatic carbocycles. The van der Waals surface area contributed by atoms with Crippen LogP contribution >= 0.6 is 0 Å². The van der Waals surface area contributed by atoms with E-state index in [-0.39, 0.29) is 17.2 Å². The highest BCUT2D eigenvalue weighted by atomic mass is 16.5. The number of fused-ring (bicyclic) bond motifs is 4. The van der Waals surface area contributed by atoms with Crippen LogP contribution in [0, 0.1) is 0 Å². The molecule has 3 aliphatic heterocycles. The summed E-state index contributed by atoms with van der Waals surface area (Å²) in [6.45, 7) is 6.28. The van der Waals surface area contributed by atoms with Gasteiger partial charge in [-0.3, -0.25) is 4.98 Å². The van der Waals surface area contributed by atoms with Gasteiger partial charge in [0.25, 0.3) is 0 Å². The van der Waals surface area contributed by atoms with Gasteiger partial charge >= 0.3 is 0 Å². The van der Waals surface area contributed by atoms with Gasteiger partial charge in [0.15, 0.2) is 0 Å². The Morgan fingerprint density at radius 1 is 1.28 bits per heavy atom. The van der Waals surface area contributed by atoms with Crippen LogP contribution in [0.15, 0.2) is 30.6 Å². The summed E-state index contributed by atoms with van der Waals surface area (Å²) in [5.74, 6) is 0.819. The van der Waals surface area contributed by atoms with Gasteiger partial charge in [-0.25, -0.2) is 4.68 Å². The van der Waals surface area contributed by atoms with E-state index in [0.717, 1.165) is 48.2 Å². The number of rotatable bonds is 4. The van der Waals surface area contributed by atoms with Crippen LogP contribution in [0.4, 0.5) is 0 Å². The lowest BCUT2D eigenvalue weighted by Gasteiger charge is -2.41. The molecule has 0 spiro atoms. The number of nitrogens with zero attached hydrogens (tertiary/aromatic N) is 4. The van der Waals surface area contributed by atoms with Crippen molar-refractivity contribution in [2.24, 2.45) is 0 Å². The molecule has 5 heterocycles. The molecule has 29 heavy (non-hydrogen) atoms. The van der Waals surface area contributed by atoms with Crippen LogP contribution in [0.3, 0.4) is 0 Å². The normalized spacial score (nSPS) is 28.8. The van der Waals surface area contributed by atoms with Gasteiger partial charge < -0.3 is 14.2 Å². The molecule has 7 heteroatoms. The standard InChI is InChI=1S/C22H24N4O3/c1-14(20-9-26(25-24-20)22-11-21(2,12-22)28-13-22)29-16-3-4-19-18(7-16)17-5-6-27-10-15(17)8-23-19/h3-4,7-9,14H,5-6,10-13H2,1-2H3/t14-,21?,22?/m1/s1. The summed E-state index contributed by atoms with van der Waals surface area (Å²) in [6, 6.07) is 6.09. The monoisotopic (exact) mass is 392 g/mol. The maximum absolute atomic E-state index is 6.23. The van der Waals surface area contributed by atoms with E-state index in [4.69, 9.17) is 14.2 Å². The van der Waals surface area contributed by atoms with E-state index in [0.29, 0.717) is 13.2 Å². The van der Waals surface area contributed by atoms with Crippen LogP contribution in [0.2, 0.25) is 0 Å². The Labute approximate surface area is 169 Å². The fraction of sp³-hybridized carbons (Fsp3) is 0.500. The maximum Gasteiger partial charge on any atom is 0.141 e. The first-order chi connectivity index (χ1) is 14.0. The van der Waals surface area contributed by atoms with Crippen molar-refractivity contribution in [3.63, 3.8) is 0 Å². The van der Waals surface area contributed by atoms with Crippen molar-refractivity contribution in [1.29, 1.82) is 0 Å². The average molecular weight is 392 g/mol. The van der Waals surface area contributed by atoms with Crippen molar-refractivity contribution in [1.82, 2.24) is 20.0 Å². The number of hydrogen-bond donors (Lipinski definition) is 0. The summed E-state index contributed by atoms with van der Waals surface area (Å²) in [5.41, 5.74) is 4.32. The second-order valence-electron chi connectivity index (χ2n) is 8.91. The summed E-state index contributed by atoms with van der Waals surface area (Å²) < 4.78 is 19.7. The quantitative estimate of drug-likeness (QED) is 0.678. The van der Waals surface area contributed by atoms with E-state index in [2.05, 4.69) is 28.3 Å². The van der Waals surface area contributed by atoms with Gasteiger partial charge in [0.1, 0.15) is 17.5 Å². The first-order valence-corrected chi connectivity index (χ1v) is 10.3. The molecule has 1 atom stereocenters. The van der Waals surface area contributed by atoms with Crippen molar-refractivity contribution < 1.29 is 14.2 Å². The van der Waals surface area contributed by atoms with Crippen LogP contribution in [0.1, 0.15) is 49.6 Å². The van der Waals surface area contributed by atoms with E-state index < -0.39 is 0 Å². The van der Waals surface area contributed by atoms with E-state index in [1.165, 1.54) is 11.1 Å². The smallest absolute Gasteiger partial charge is 0.141 e. The molecular formula is C22H24N4O3. The topological polar surface area (TPSA) is 71.3 Å². The molecule has 3 aromatic rings. The highest BCUT2D eigenvalue weighted by molar-refractivity contribution is 5.84. The molecule has 7 nitrogen and oxygen atoms in total. The summed E-state index contributed by atoms with van der Waals surface area (Å²) in [6.07, 6.45) is 6.67.